The Morgan fingerprint density at radius 2 is 1.79 bits per heavy atom. The average molecular weight is 398 g/mol. The highest BCUT2D eigenvalue weighted by atomic mass is 19.4. The van der Waals surface area contributed by atoms with Crippen LogP contribution < -0.4 is 10.2 Å². The Kier molecular flexibility index (Phi) is 4.92. The van der Waals surface area contributed by atoms with Gasteiger partial charge in [0.25, 0.3) is 5.91 Å². The van der Waals surface area contributed by atoms with E-state index in [9.17, 15) is 18.0 Å². The lowest BCUT2D eigenvalue weighted by Gasteiger charge is -2.29. The number of halogens is 3. The molecule has 8 heteroatoms. The molecule has 0 atom stereocenters. The summed E-state index contributed by atoms with van der Waals surface area (Å²) in [4.78, 5) is 23.0. The van der Waals surface area contributed by atoms with E-state index in [0.717, 1.165) is 36.2 Å². The smallest absolute Gasteiger partial charge is 0.324 e. The second-order valence-electron chi connectivity index (χ2n) is 6.65. The molecule has 148 valence electrons. The van der Waals surface area contributed by atoms with Crippen LogP contribution in [0.1, 0.15) is 28.0 Å². The van der Waals surface area contributed by atoms with Crippen LogP contribution in [0, 0.1) is 0 Å². The highest BCUT2D eigenvalue weighted by Crippen LogP contribution is 2.30. The molecule has 1 N–H and O–H groups in total. The molecule has 3 aromatic rings. The largest absolute Gasteiger partial charge is 0.416 e. The summed E-state index contributed by atoms with van der Waals surface area (Å²) in [6, 6.07) is 13.8. The Labute approximate surface area is 165 Å². The molecule has 29 heavy (non-hydrogen) atoms. The van der Waals surface area contributed by atoms with Crippen molar-refractivity contribution < 1.29 is 18.0 Å². The van der Waals surface area contributed by atoms with Gasteiger partial charge < -0.3 is 10.2 Å². The minimum absolute atomic E-state index is 0.140. The maximum absolute atomic E-state index is 13.0. The maximum atomic E-state index is 13.0. The van der Waals surface area contributed by atoms with Gasteiger partial charge in [-0.3, -0.25) is 4.79 Å². The average Bonchev–Trinajstić information content (AvgIpc) is 2.73. The first kappa shape index (κ1) is 18.9. The molecule has 2 aromatic carbocycles. The van der Waals surface area contributed by atoms with Crippen molar-refractivity contribution in [2.75, 3.05) is 16.8 Å². The van der Waals surface area contributed by atoms with Gasteiger partial charge in [0.15, 0.2) is 0 Å². The van der Waals surface area contributed by atoms with Gasteiger partial charge in [0.1, 0.15) is 5.69 Å². The van der Waals surface area contributed by atoms with Crippen LogP contribution in [0.3, 0.4) is 0 Å². The van der Waals surface area contributed by atoms with Crippen molar-refractivity contribution in [1.82, 2.24) is 9.97 Å². The minimum atomic E-state index is -4.40. The number of aryl methyl sites for hydroxylation is 1. The first-order valence-electron chi connectivity index (χ1n) is 9.09. The van der Waals surface area contributed by atoms with Crippen LogP contribution in [0.25, 0.3) is 0 Å². The zero-order chi connectivity index (χ0) is 20.4. The van der Waals surface area contributed by atoms with E-state index in [4.69, 9.17) is 0 Å². The quantitative estimate of drug-likeness (QED) is 0.687. The van der Waals surface area contributed by atoms with E-state index in [1.54, 1.807) is 4.90 Å². The van der Waals surface area contributed by atoms with Crippen LogP contribution in [0.4, 0.5) is 30.5 Å². The molecule has 1 amide bonds. The topological polar surface area (TPSA) is 58.1 Å². The number of aromatic nitrogens is 2. The standard InChI is InChI=1S/C21H17F3N4O/c22-21(23,24)15-7-9-16(10-8-15)26-20-25-12-11-17(27-20)19(29)28-13-3-5-14-4-1-2-6-18(14)28/h1-2,4,6-12H,3,5,13H2,(H,25,26,27). The van der Waals surface area contributed by atoms with E-state index in [2.05, 4.69) is 15.3 Å². The van der Waals surface area contributed by atoms with Gasteiger partial charge in [0.2, 0.25) is 5.95 Å². The number of rotatable bonds is 3. The minimum Gasteiger partial charge on any atom is -0.324 e. The Balaban J connectivity index is 1.54. The first-order chi connectivity index (χ1) is 13.9. The molecule has 0 spiro atoms. The number of amides is 1. The van der Waals surface area contributed by atoms with Crippen LogP contribution in [0.5, 0.6) is 0 Å². The fourth-order valence-corrected chi connectivity index (χ4v) is 3.29. The van der Waals surface area contributed by atoms with Gasteiger partial charge in [0.05, 0.1) is 5.56 Å². The number of nitrogens with zero attached hydrogens (tertiary/aromatic N) is 3. The van der Waals surface area contributed by atoms with Gasteiger partial charge >= 0.3 is 6.18 Å². The van der Waals surface area contributed by atoms with Gasteiger partial charge in [0, 0.05) is 24.1 Å². The molecular weight excluding hydrogens is 381 g/mol. The Bertz CT molecular complexity index is 1030. The van der Waals surface area contributed by atoms with E-state index in [0.29, 0.717) is 12.2 Å². The third-order valence-electron chi connectivity index (χ3n) is 4.70. The van der Waals surface area contributed by atoms with Gasteiger partial charge in [-0.2, -0.15) is 13.2 Å². The first-order valence-corrected chi connectivity index (χ1v) is 9.09. The molecule has 0 radical (unpaired) electrons. The SMILES string of the molecule is O=C(c1ccnc(Nc2ccc(C(F)(F)F)cc2)n1)N1CCCc2ccccc21. The zero-order valence-corrected chi connectivity index (χ0v) is 15.3. The molecule has 0 bridgehead atoms. The Morgan fingerprint density at radius 3 is 2.55 bits per heavy atom. The summed E-state index contributed by atoms with van der Waals surface area (Å²) in [6.07, 6.45) is -1.16. The number of carbonyl (C=O) groups excluding carboxylic acids is 1. The van der Waals surface area contributed by atoms with E-state index < -0.39 is 11.7 Å². The fourth-order valence-electron chi connectivity index (χ4n) is 3.29. The molecule has 1 aliphatic rings. The van der Waals surface area contributed by atoms with Crippen molar-refractivity contribution in [1.29, 1.82) is 0 Å². The number of fused-ring (bicyclic) bond motifs is 1. The lowest BCUT2D eigenvalue weighted by molar-refractivity contribution is -0.137. The molecule has 2 heterocycles. The summed E-state index contributed by atoms with van der Waals surface area (Å²) >= 11 is 0. The zero-order valence-electron chi connectivity index (χ0n) is 15.3. The molecule has 0 unspecified atom stereocenters. The lowest BCUT2D eigenvalue weighted by Crippen LogP contribution is -2.36. The van der Waals surface area contributed by atoms with E-state index in [-0.39, 0.29) is 17.5 Å². The third kappa shape index (κ3) is 4.06. The van der Waals surface area contributed by atoms with E-state index >= 15 is 0 Å². The summed E-state index contributed by atoms with van der Waals surface area (Å²) in [5.41, 5.74) is 1.86. The number of hydrogen-bond acceptors (Lipinski definition) is 4. The summed E-state index contributed by atoms with van der Waals surface area (Å²) in [5.74, 6) is -0.101. The molecule has 0 fully saturated rings. The second kappa shape index (κ2) is 7.54. The highest BCUT2D eigenvalue weighted by Gasteiger charge is 2.30. The predicted molar refractivity (Wildman–Crippen MR) is 103 cm³/mol. The highest BCUT2D eigenvalue weighted by molar-refractivity contribution is 6.05. The molecule has 1 aliphatic heterocycles. The number of anilines is 3. The number of nitrogens with one attached hydrogen (secondary N) is 1. The van der Waals surface area contributed by atoms with Crippen LogP contribution in [-0.2, 0) is 12.6 Å². The Morgan fingerprint density at radius 1 is 1.03 bits per heavy atom. The van der Waals surface area contributed by atoms with E-state index in [1.165, 1.54) is 24.4 Å². The summed E-state index contributed by atoms with van der Waals surface area (Å²) in [7, 11) is 0. The van der Waals surface area contributed by atoms with Crippen molar-refractivity contribution in [3.63, 3.8) is 0 Å². The molecular formula is C21H17F3N4O. The van der Waals surface area contributed by atoms with Crippen molar-refractivity contribution >= 4 is 23.2 Å². The van der Waals surface area contributed by atoms with Crippen LogP contribution in [0.15, 0.2) is 60.8 Å². The van der Waals surface area contributed by atoms with Crippen molar-refractivity contribution in [3.8, 4) is 0 Å². The summed E-state index contributed by atoms with van der Waals surface area (Å²) in [6.45, 7) is 0.599. The predicted octanol–water partition coefficient (Wildman–Crippen LogP) is 4.83. The number of alkyl halides is 3. The number of benzene rings is 2. The molecule has 0 saturated heterocycles. The fraction of sp³-hybridized carbons (Fsp3) is 0.190. The van der Waals surface area contributed by atoms with Gasteiger partial charge in [-0.25, -0.2) is 9.97 Å². The molecule has 5 nitrogen and oxygen atoms in total. The van der Waals surface area contributed by atoms with Gasteiger partial charge in [-0.05, 0) is 54.8 Å². The maximum Gasteiger partial charge on any atom is 0.416 e. The van der Waals surface area contributed by atoms with Gasteiger partial charge in [-0.15, -0.1) is 0 Å². The molecule has 0 saturated carbocycles. The third-order valence-corrected chi connectivity index (χ3v) is 4.70. The van der Waals surface area contributed by atoms with Crippen molar-refractivity contribution in [2.24, 2.45) is 0 Å². The summed E-state index contributed by atoms with van der Waals surface area (Å²) < 4.78 is 38.1. The number of para-hydroxylation sites is 1. The van der Waals surface area contributed by atoms with Crippen LogP contribution in [0.2, 0.25) is 0 Å². The second-order valence-corrected chi connectivity index (χ2v) is 6.65. The molecule has 1 aromatic heterocycles. The van der Waals surface area contributed by atoms with Crippen molar-refractivity contribution in [2.45, 2.75) is 19.0 Å². The van der Waals surface area contributed by atoms with Gasteiger partial charge in [-0.1, -0.05) is 18.2 Å². The van der Waals surface area contributed by atoms with Crippen molar-refractivity contribution in [3.05, 3.63) is 77.6 Å². The molecule has 4 rings (SSSR count). The summed E-state index contributed by atoms with van der Waals surface area (Å²) in [5, 5.41) is 2.84. The lowest BCUT2D eigenvalue weighted by atomic mass is 10.0. The van der Waals surface area contributed by atoms with E-state index in [1.807, 2.05) is 24.3 Å². The molecule has 0 aliphatic carbocycles. The van der Waals surface area contributed by atoms with Crippen LogP contribution >= 0.6 is 0 Å². The Hall–Kier alpha value is -3.42. The number of carbonyl (C=O) groups is 1. The normalized spacial score (nSPS) is 13.7. The number of hydrogen-bond donors (Lipinski definition) is 1. The van der Waals surface area contributed by atoms with Crippen LogP contribution in [-0.4, -0.2) is 22.4 Å². The monoisotopic (exact) mass is 398 g/mol.